The summed E-state index contributed by atoms with van der Waals surface area (Å²) < 4.78 is 0. The monoisotopic (exact) mass is 282 g/mol. The second-order valence-corrected chi connectivity index (χ2v) is 4.47. The lowest BCUT2D eigenvalue weighted by Gasteiger charge is -2.06. The van der Waals surface area contributed by atoms with E-state index in [-0.39, 0.29) is 5.91 Å². The summed E-state index contributed by atoms with van der Waals surface area (Å²) in [6.45, 7) is 0.413. The number of anilines is 1. The minimum absolute atomic E-state index is 0.115. The molecule has 0 saturated carbocycles. The summed E-state index contributed by atoms with van der Waals surface area (Å²) in [7, 11) is 1.61. The van der Waals surface area contributed by atoms with E-state index in [1.807, 2.05) is 42.5 Å². The number of nitrogens with two attached hydrogens (primary N) is 1. The summed E-state index contributed by atoms with van der Waals surface area (Å²) in [5.41, 5.74) is 8.26. The normalized spacial score (nSPS) is 11.0. The molecule has 5 heteroatoms. The van der Waals surface area contributed by atoms with Gasteiger partial charge in [0.15, 0.2) is 5.96 Å². The molecule has 5 nitrogen and oxygen atoms in total. The fourth-order valence-electron chi connectivity index (χ4n) is 1.84. The molecular formula is C16H18N4O. The lowest BCUT2D eigenvalue weighted by atomic mass is 10.1. The molecule has 108 valence electrons. The van der Waals surface area contributed by atoms with Gasteiger partial charge in [-0.2, -0.15) is 0 Å². The van der Waals surface area contributed by atoms with Gasteiger partial charge in [0.1, 0.15) is 0 Å². The van der Waals surface area contributed by atoms with Crippen molar-refractivity contribution in [3.05, 3.63) is 65.7 Å². The average molecular weight is 282 g/mol. The molecule has 0 fully saturated rings. The van der Waals surface area contributed by atoms with Crippen molar-refractivity contribution in [2.45, 2.75) is 6.54 Å². The smallest absolute Gasteiger partial charge is 0.251 e. The first-order chi connectivity index (χ1) is 10.2. The van der Waals surface area contributed by atoms with Gasteiger partial charge in [0.25, 0.3) is 5.91 Å². The summed E-state index contributed by atoms with van der Waals surface area (Å²) in [6.07, 6.45) is 0. The number of para-hydroxylation sites is 1. The first kappa shape index (κ1) is 14.6. The molecule has 0 unspecified atom stereocenters. The largest absolute Gasteiger partial charge is 0.370 e. The van der Waals surface area contributed by atoms with Gasteiger partial charge in [0.2, 0.25) is 0 Å². The Labute approximate surface area is 123 Å². The lowest BCUT2D eigenvalue weighted by Crippen LogP contribution is -2.22. The van der Waals surface area contributed by atoms with Gasteiger partial charge >= 0.3 is 0 Å². The third kappa shape index (κ3) is 4.35. The molecule has 2 aromatic rings. The van der Waals surface area contributed by atoms with Crippen LogP contribution in [-0.4, -0.2) is 18.9 Å². The van der Waals surface area contributed by atoms with Crippen LogP contribution in [0.15, 0.2) is 59.6 Å². The van der Waals surface area contributed by atoms with Gasteiger partial charge in [-0.05, 0) is 29.8 Å². The molecule has 2 rings (SSSR count). The quantitative estimate of drug-likeness (QED) is 0.592. The number of guanidine groups is 1. The summed E-state index contributed by atoms with van der Waals surface area (Å²) in [5.74, 6) is 0.225. The molecule has 1 amide bonds. The van der Waals surface area contributed by atoms with Crippen molar-refractivity contribution in [1.29, 1.82) is 0 Å². The molecule has 0 heterocycles. The van der Waals surface area contributed by atoms with E-state index in [9.17, 15) is 4.79 Å². The highest BCUT2D eigenvalue weighted by molar-refractivity contribution is 5.94. The van der Waals surface area contributed by atoms with Crippen molar-refractivity contribution in [1.82, 2.24) is 5.32 Å². The Hall–Kier alpha value is -2.82. The van der Waals surface area contributed by atoms with Crippen LogP contribution in [0.1, 0.15) is 15.9 Å². The first-order valence-corrected chi connectivity index (χ1v) is 6.62. The minimum atomic E-state index is -0.115. The van der Waals surface area contributed by atoms with Gasteiger partial charge in [0, 0.05) is 18.3 Å². The van der Waals surface area contributed by atoms with Crippen molar-refractivity contribution in [3.63, 3.8) is 0 Å². The summed E-state index contributed by atoms with van der Waals surface area (Å²) in [4.78, 5) is 15.8. The first-order valence-electron chi connectivity index (χ1n) is 6.62. The van der Waals surface area contributed by atoms with E-state index in [4.69, 9.17) is 5.73 Å². The Bertz CT molecular complexity index is 638. The van der Waals surface area contributed by atoms with Gasteiger partial charge < -0.3 is 16.4 Å². The molecule has 2 aromatic carbocycles. The highest BCUT2D eigenvalue weighted by Gasteiger charge is 2.03. The van der Waals surface area contributed by atoms with Crippen molar-refractivity contribution in [2.24, 2.45) is 10.7 Å². The zero-order chi connectivity index (χ0) is 15.1. The standard InChI is InChI=1S/C16H18N4O/c1-18-15(21)13-7-5-6-12(10-13)11-19-16(17)20-14-8-3-2-4-9-14/h2-10H,11H2,1H3,(H,18,21)(H3,17,19,20). The van der Waals surface area contributed by atoms with Crippen LogP contribution >= 0.6 is 0 Å². The number of nitrogens with one attached hydrogen (secondary N) is 2. The predicted octanol–water partition coefficient (Wildman–Crippen LogP) is 1.97. The third-order valence-electron chi connectivity index (χ3n) is 2.89. The molecular weight excluding hydrogens is 264 g/mol. The van der Waals surface area contributed by atoms with Crippen LogP contribution in [0.4, 0.5) is 5.69 Å². The second-order valence-electron chi connectivity index (χ2n) is 4.47. The molecule has 0 aliphatic carbocycles. The van der Waals surface area contributed by atoms with Crippen LogP contribution in [-0.2, 0) is 6.54 Å². The number of carbonyl (C=O) groups is 1. The predicted molar refractivity (Wildman–Crippen MR) is 85.2 cm³/mol. The van der Waals surface area contributed by atoms with E-state index in [1.54, 1.807) is 19.2 Å². The van der Waals surface area contributed by atoms with Gasteiger partial charge in [-0.25, -0.2) is 4.99 Å². The van der Waals surface area contributed by atoms with Crippen molar-refractivity contribution in [2.75, 3.05) is 12.4 Å². The van der Waals surface area contributed by atoms with Crippen LogP contribution in [0.5, 0.6) is 0 Å². The minimum Gasteiger partial charge on any atom is -0.370 e. The summed E-state index contributed by atoms with van der Waals surface area (Å²) >= 11 is 0. The molecule has 0 radical (unpaired) electrons. The van der Waals surface area contributed by atoms with E-state index >= 15 is 0 Å². The topological polar surface area (TPSA) is 79.5 Å². The van der Waals surface area contributed by atoms with E-state index in [2.05, 4.69) is 15.6 Å². The molecule has 0 aliphatic heterocycles. The number of rotatable bonds is 4. The van der Waals surface area contributed by atoms with Crippen LogP contribution in [0.3, 0.4) is 0 Å². The number of amides is 1. The highest BCUT2D eigenvalue weighted by Crippen LogP contribution is 2.07. The number of benzene rings is 2. The Morgan fingerprint density at radius 1 is 1.14 bits per heavy atom. The van der Waals surface area contributed by atoms with Crippen LogP contribution in [0.2, 0.25) is 0 Å². The number of hydrogen-bond acceptors (Lipinski definition) is 2. The second kappa shape index (κ2) is 7.09. The molecule has 21 heavy (non-hydrogen) atoms. The third-order valence-corrected chi connectivity index (χ3v) is 2.89. The van der Waals surface area contributed by atoms with Gasteiger partial charge in [-0.3, -0.25) is 4.79 Å². The fourth-order valence-corrected chi connectivity index (χ4v) is 1.84. The number of carbonyl (C=O) groups excluding carboxylic acids is 1. The van der Waals surface area contributed by atoms with Crippen molar-refractivity contribution in [3.8, 4) is 0 Å². The van der Waals surface area contributed by atoms with Crippen LogP contribution in [0, 0.1) is 0 Å². The van der Waals surface area contributed by atoms with Crippen molar-refractivity contribution >= 4 is 17.6 Å². The highest BCUT2D eigenvalue weighted by atomic mass is 16.1. The van der Waals surface area contributed by atoms with Gasteiger partial charge in [-0.1, -0.05) is 30.3 Å². The zero-order valence-electron chi connectivity index (χ0n) is 11.8. The Balaban J connectivity index is 2.01. The van der Waals surface area contributed by atoms with Crippen LogP contribution < -0.4 is 16.4 Å². The maximum Gasteiger partial charge on any atom is 0.251 e. The SMILES string of the molecule is CNC(=O)c1cccc(CN=C(N)Nc2ccccc2)c1. The van der Waals surface area contributed by atoms with E-state index in [1.165, 1.54) is 0 Å². The van der Waals surface area contributed by atoms with Crippen LogP contribution in [0.25, 0.3) is 0 Å². The molecule has 0 saturated heterocycles. The maximum atomic E-state index is 11.6. The zero-order valence-corrected chi connectivity index (χ0v) is 11.8. The summed E-state index contributed by atoms with van der Waals surface area (Å²) in [6, 6.07) is 16.9. The fraction of sp³-hybridized carbons (Fsp3) is 0.125. The van der Waals surface area contributed by atoms with E-state index < -0.39 is 0 Å². The molecule has 4 N–H and O–H groups in total. The number of nitrogens with zero attached hydrogens (tertiary/aromatic N) is 1. The van der Waals surface area contributed by atoms with Gasteiger partial charge in [0.05, 0.1) is 6.54 Å². The average Bonchev–Trinajstić information content (AvgIpc) is 2.53. The van der Waals surface area contributed by atoms with Crippen molar-refractivity contribution < 1.29 is 4.79 Å². The molecule has 0 atom stereocenters. The molecule has 0 aliphatic rings. The number of aliphatic imine (C=N–C) groups is 1. The molecule has 0 spiro atoms. The lowest BCUT2D eigenvalue weighted by molar-refractivity contribution is 0.0963. The Morgan fingerprint density at radius 3 is 2.62 bits per heavy atom. The Kier molecular flexibility index (Phi) is 4.93. The molecule has 0 aromatic heterocycles. The summed E-state index contributed by atoms with van der Waals surface area (Å²) in [5, 5.41) is 5.60. The Morgan fingerprint density at radius 2 is 1.90 bits per heavy atom. The van der Waals surface area contributed by atoms with E-state index in [0.717, 1.165) is 11.3 Å². The van der Waals surface area contributed by atoms with Gasteiger partial charge in [-0.15, -0.1) is 0 Å². The number of hydrogen-bond donors (Lipinski definition) is 3. The molecule has 0 bridgehead atoms. The maximum absolute atomic E-state index is 11.6. The van der Waals surface area contributed by atoms with E-state index in [0.29, 0.717) is 18.1 Å².